The second-order valence-corrected chi connectivity index (χ2v) is 7.38. The van der Waals surface area contributed by atoms with Gasteiger partial charge in [-0.2, -0.15) is 4.39 Å². The zero-order valence-electron chi connectivity index (χ0n) is 17.3. The number of pyridine rings is 2. The average molecular weight is 428 g/mol. The number of hydrogen-bond acceptors (Lipinski definition) is 7. The van der Waals surface area contributed by atoms with Gasteiger partial charge in [0.05, 0.1) is 11.9 Å². The molecule has 1 fully saturated rings. The quantitative estimate of drug-likeness (QED) is 0.452. The molecule has 5 rings (SSSR count). The number of nitrogens with zero attached hydrogens (tertiary/aromatic N) is 8. The van der Waals surface area contributed by atoms with Gasteiger partial charge in [-0.05, 0) is 29.8 Å². The van der Waals surface area contributed by atoms with Gasteiger partial charge in [0.25, 0.3) is 0 Å². The monoisotopic (exact) mass is 428 g/mol. The van der Waals surface area contributed by atoms with Crippen molar-refractivity contribution in [1.82, 2.24) is 29.5 Å². The van der Waals surface area contributed by atoms with Crippen LogP contribution in [0.1, 0.15) is 11.1 Å². The molecule has 4 aromatic heterocycles. The molecular weight excluding hydrogens is 407 g/mol. The first-order valence-corrected chi connectivity index (χ1v) is 10.3. The van der Waals surface area contributed by atoms with Crippen LogP contribution >= 0.6 is 0 Å². The van der Waals surface area contributed by atoms with Gasteiger partial charge in [0, 0.05) is 62.7 Å². The van der Waals surface area contributed by atoms with Crippen LogP contribution in [0.3, 0.4) is 0 Å². The predicted octanol–water partition coefficient (Wildman–Crippen LogP) is 3.09. The van der Waals surface area contributed by atoms with Crippen molar-refractivity contribution < 1.29 is 4.39 Å². The van der Waals surface area contributed by atoms with Gasteiger partial charge in [-0.25, -0.2) is 24.9 Å². The van der Waals surface area contributed by atoms with Crippen LogP contribution in [0.15, 0.2) is 67.8 Å². The van der Waals surface area contributed by atoms with Crippen LogP contribution in [-0.4, -0.2) is 55.7 Å². The lowest BCUT2D eigenvalue weighted by Crippen LogP contribution is -2.47. The van der Waals surface area contributed by atoms with E-state index in [1.807, 2.05) is 53.6 Å². The van der Waals surface area contributed by atoms with Crippen molar-refractivity contribution >= 4 is 23.8 Å². The lowest BCUT2D eigenvalue weighted by atomic mass is 10.2. The molecular formula is C23H21FN8. The summed E-state index contributed by atoms with van der Waals surface area (Å²) in [5.74, 6) is 1.08. The Morgan fingerprint density at radius 1 is 0.750 bits per heavy atom. The van der Waals surface area contributed by atoms with E-state index in [4.69, 9.17) is 0 Å². The molecule has 4 aromatic rings. The Morgan fingerprint density at radius 2 is 1.50 bits per heavy atom. The highest BCUT2D eigenvalue weighted by atomic mass is 19.1. The average Bonchev–Trinajstić information content (AvgIpc) is 3.39. The van der Waals surface area contributed by atoms with Crippen molar-refractivity contribution in [3.8, 4) is 5.82 Å². The number of hydrogen-bond donors (Lipinski definition) is 0. The molecule has 1 aliphatic heterocycles. The predicted molar refractivity (Wildman–Crippen MR) is 121 cm³/mol. The Hall–Kier alpha value is -4.14. The van der Waals surface area contributed by atoms with Crippen molar-refractivity contribution in [1.29, 1.82) is 0 Å². The molecule has 0 N–H and O–H groups in total. The van der Waals surface area contributed by atoms with Crippen LogP contribution < -0.4 is 9.80 Å². The fraction of sp³-hybridized carbons (Fsp3) is 0.174. The van der Waals surface area contributed by atoms with Crippen molar-refractivity contribution in [2.24, 2.45) is 0 Å². The van der Waals surface area contributed by atoms with Crippen LogP contribution in [0.4, 0.5) is 16.0 Å². The summed E-state index contributed by atoms with van der Waals surface area (Å²) in [6.07, 6.45) is 16.3. The molecule has 0 aliphatic carbocycles. The Kier molecular flexibility index (Phi) is 5.52. The Morgan fingerprint density at radius 3 is 2.16 bits per heavy atom. The minimum Gasteiger partial charge on any atom is -0.367 e. The van der Waals surface area contributed by atoms with Gasteiger partial charge in [-0.1, -0.05) is 12.2 Å². The minimum atomic E-state index is -0.460. The van der Waals surface area contributed by atoms with E-state index in [2.05, 4.69) is 34.7 Å². The van der Waals surface area contributed by atoms with Gasteiger partial charge in [0.2, 0.25) is 11.9 Å². The van der Waals surface area contributed by atoms with Gasteiger partial charge < -0.3 is 9.80 Å². The maximum absolute atomic E-state index is 13.0. The van der Waals surface area contributed by atoms with Crippen molar-refractivity contribution in [3.05, 3.63) is 84.8 Å². The second-order valence-electron chi connectivity index (χ2n) is 7.38. The summed E-state index contributed by atoms with van der Waals surface area (Å²) < 4.78 is 14.9. The Labute approximate surface area is 184 Å². The van der Waals surface area contributed by atoms with Crippen LogP contribution in [-0.2, 0) is 0 Å². The number of rotatable bonds is 5. The third kappa shape index (κ3) is 4.46. The van der Waals surface area contributed by atoms with Gasteiger partial charge in [0.15, 0.2) is 0 Å². The van der Waals surface area contributed by atoms with Gasteiger partial charge in [-0.15, -0.1) is 0 Å². The molecule has 0 spiro atoms. The van der Waals surface area contributed by atoms with Crippen molar-refractivity contribution in [2.45, 2.75) is 0 Å². The number of aromatic nitrogens is 6. The van der Waals surface area contributed by atoms with E-state index in [1.54, 1.807) is 24.8 Å². The summed E-state index contributed by atoms with van der Waals surface area (Å²) in [4.78, 5) is 25.6. The summed E-state index contributed by atoms with van der Waals surface area (Å²) in [6, 6.07) is 7.10. The molecule has 0 atom stereocenters. The molecule has 0 unspecified atom stereocenters. The normalized spacial score (nSPS) is 14.3. The fourth-order valence-corrected chi connectivity index (χ4v) is 3.54. The smallest absolute Gasteiger partial charge is 0.225 e. The van der Waals surface area contributed by atoms with Crippen molar-refractivity contribution in [2.75, 3.05) is 36.0 Å². The number of anilines is 2. The Bertz CT molecular complexity index is 1160. The van der Waals surface area contributed by atoms with E-state index in [1.165, 1.54) is 6.07 Å². The number of halogens is 1. The molecule has 1 aliphatic rings. The maximum atomic E-state index is 13.0. The van der Waals surface area contributed by atoms with Crippen molar-refractivity contribution in [3.63, 3.8) is 0 Å². The zero-order valence-corrected chi connectivity index (χ0v) is 17.3. The summed E-state index contributed by atoms with van der Waals surface area (Å²) >= 11 is 0. The highest BCUT2D eigenvalue weighted by Gasteiger charge is 2.19. The summed E-state index contributed by atoms with van der Waals surface area (Å²) in [6.45, 7) is 3.20. The van der Waals surface area contributed by atoms with E-state index >= 15 is 0 Å². The van der Waals surface area contributed by atoms with Crippen LogP contribution in [0, 0.1) is 5.95 Å². The van der Waals surface area contributed by atoms with Gasteiger partial charge in [-0.3, -0.25) is 4.57 Å². The molecule has 0 saturated carbocycles. The molecule has 32 heavy (non-hydrogen) atoms. The SMILES string of the molecule is Fc1ccc(N2CCN(c3ncc(/C=C/c4ccc(-n5ccnc5)nc4)cn3)CC2)cn1. The molecule has 160 valence electrons. The first-order chi connectivity index (χ1) is 15.7. The van der Waals surface area contributed by atoms with E-state index in [-0.39, 0.29) is 0 Å². The fourth-order valence-electron chi connectivity index (χ4n) is 3.54. The standard InChI is InChI=1S/C23H21FN8/c24-21-5-4-20(16-26-21)30-9-11-31(12-10-30)23-28-14-19(15-29-23)2-1-18-3-6-22(27-13-18)32-8-7-25-17-32/h1-8,13-17H,9-12H2/b2-1+. The van der Waals surface area contributed by atoms with Crippen LogP contribution in [0.2, 0.25) is 0 Å². The summed E-state index contributed by atoms with van der Waals surface area (Å²) in [5, 5.41) is 0. The van der Waals surface area contributed by atoms with E-state index in [9.17, 15) is 4.39 Å². The highest BCUT2D eigenvalue weighted by molar-refractivity contribution is 5.68. The van der Waals surface area contributed by atoms with Gasteiger partial charge in [0.1, 0.15) is 12.1 Å². The molecule has 5 heterocycles. The first-order valence-electron chi connectivity index (χ1n) is 10.3. The third-order valence-corrected chi connectivity index (χ3v) is 5.31. The molecule has 9 heteroatoms. The minimum absolute atomic E-state index is 0.460. The largest absolute Gasteiger partial charge is 0.367 e. The van der Waals surface area contributed by atoms with Crippen LogP contribution in [0.25, 0.3) is 18.0 Å². The number of imidazole rings is 1. The lowest BCUT2D eigenvalue weighted by molar-refractivity contribution is 0.581. The first kappa shape index (κ1) is 19.8. The third-order valence-electron chi connectivity index (χ3n) is 5.31. The van der Waals surface area contributed by atoms with Gasteiger partial charge >= 0.3 is 0 Å². The molecule has 1 saturated heterocycles. The topological polar surface area (TPSA) is 75.9 Å². The maximum Gasteiger partial charge on any atom is 0.225 e. The van der Waals surface area contributed by atoms with E-state index < -0.39 is 5.95 Å². The molecule has 8 nitrogen and oxygen atoms in total. The highest BCUT2D eigenvalue weighted by Crippen LogP contribution is 2.18. The molecule has 0 aromatic carbocycles. The Balaban J connectivity index is 1.18. The molecule has 0 amide bonds. The zero-order chi connectivity index (χ0) is 21.8. The van der Waals surface area contributed by atoms with E-state index in [0.29, 0.717) is 5.95 Å². The van der Waals surface area contributed by atoms with E-state index in [0.717, 1.165) is 48.8 Å². The number of piperazine rings is 1. The molecule has 0 bridgehead atoms. The van der Waals surface area contributed by atoms with Crippen LogP contribution in [0.5, 0.6) is 0 Å². The lowest BCUT2D eigenvalue weighted by Gasteiger charge is -2.35. The summed E-state index contributed by atoms with van der Waals surface area (Å²) in [5.41, 5.74) is 2.84. The second kappa shape index (κ2) is 8.93. The molecule has 0 radical (unpaired) electrons. The summed E-state index contributed by atoms with van der Waals surface area (Å²) in [7, 11) is 0.